The molecule has 1 unspecified atom stereocenters. The van der Waals surface area contributed by atoms with E-state index in [1.165, 1.54) is 0 Å². The van der Waals surface area contributed by atoms with E-state index in [0.717, 1.165) is 25.7 Å². The maximum atomic E-state index is 14.9. The molecule has 0 saturated carbocycles. The van der Waals surface area contributed by atoms with Gasteiger partial charge in [-0.1, -0.05) is 45.2 Å². The molecule has 0 fully saturated rings. The summed E-state index contributed by atoms with van der Waals surface area (Å²) in [5, 5.41) is 0.310. The number of unbranched alkanes of at least 4 members (excludes halogenated alkanes) is 2. The van der Waals surface area contributed by atoms with Gasteiger partial charge in [0.25, 0.3) is 5.56 Å². The van der Waals surface area contributed by atoms with Gasteiger partial charge in [0.2, 0.25) is 0 Å². The number of halogens is 1. The minimum atomic E-state index is -0.805. The van der Waals surface area contributed by atoms with Crippen molar-refractivity contribution < 1.29 is 13.9 Å². The van der Waals surface area contributed by atoms with E-state index in [9.17, 15) is 14.0 Å². The molecule has 1 aromatic heterocycles. The normalized spacial score (nSPS) is 12.3. The lowest BCUT2D eigenvalue weighted by Crippen LogP contribution is -2.23. The predicted octanol–water partition coefficient (Wildman–Crippen LogP) is 4.11. The molecule has 1 atom stereocenters. The minimum absolute atomic E-state index is 0.0328. The molecule has 1 heterocycles. The number of H-pyrrole nitrogens is 1. The average Bonchev–Trinajstić information content (AvgIpc) is 2.56. The molecule has 1 aromatic carbocycles. The van der Waals surface area contributed by atoms with E-state index in [2.05, 4.69) is 11.9 Å². The van der Waals surface area contributed by atoms with Gasteiger partial charge in [-0.3, -0.25) is 4.79 Å². The summed E-state index contributed by atoms with van der Waals surface area (Å²) in [6.45, 7) is 5.85. The van der Waals surface area contributed by atoms with Gasteiger partial charge in [-0.2, -0.15) is 0 Å². The summed E-state index contributed by atoms with van der Waals surface area (Å²) < 4.78 is 19.8. The molecule has 0 aliphatic rings. The van der Waals surface area contributed by atoms with Gasteiger partial charge in [-0.15, -0.1) is 0 Å². The van der Waals surface area contributed by atoms with E-state index in [4.69, 9.17) is 10.5 Å². The van der Waals surface area contributed by atoms with Crippen molar-refractivity contribution in [3.8, 4) is 0 Å². The molecular formula is C19H25FN2O3. The van der Waals surface area contributed by atoms with Crippen LogP contribution < -0.4 is 11.3 Å². The average molecular weight is 348 g/mol. The van der Waals surface area contributed by atoms with E-state index in [0.29, 0.717) is 10.9 Å². The number of hydrogen-bond donors (Lipinski definition) is 2. The predicted molar refractivity (Wildman–Crippen MR) is 97.5 cm³/mol. The van der Waals surface area contributed by atoms with Crippen LogP contribution >= 0.6 is 0 Å². The van der Waals surface area contributed by atoms with E-state index in [-0.39, 0.29) is 29.3 Å². The Morgan fingerprint density at radius 3 is 2.68 bits per heavy atom. The molecule has 25 heavy (non-hydrogen) atoms. The standard InChI is InChI=1S/C19H25FN2O3/c1-4-6-7-8-11(3)12-9-10-13-16(21)14(19(24)25-5-2)18(23)22-17(13)15(12)20/h9-11H,4-8H2,1-3H3,(H3,21,22,23). The fourth-order valence-corrected chi connectivity index (χ4v) is 3.01. The highest BCUT2D eigenvalue weighted by Gasteiger charge is 2.22. The van der Waals surface area contributed by atoms with E-state index < -0.39 is 17.3 Å². The molecule has 5 nitrogen and oxygen atoms in total. The molecule has 3 N–H and O–H groups in total. The third-order valence-electron chi connectivity index (χ3n) is 4.45. The van der Waals surface area contributed by atoms with Crippen LogP contribution in [-0.2, 0) is 4.74 Å². The van der Waals surface area contributed by atoms with Crippen LogP contribution in [0.2, 0.25) is 0 Å². The Balaban J connectivity index is 2.50. The molecule has 6 heteroatoms. The van der Waals surface area contributed by atoms with Crippen molar-refractivity contribution in [3.63, 3.8) is 0 Å². The van der Waals surface area contributed by atoms with Gasteiger partial charge < -0.3 is 15.5 Å². The molecule has 0 spiro atoms. The van der Waals surface area contributed by atoms with E-state index in [1.54, 1.807) is 19.1 Å². The number of pyridine rings is 1. The molecule has 136 valence electrons. The van der Waals surface area contributed by atoms with Gasteiger partial charge in [0.15, 0.2) is 5.82 Å². The number of rotatable bonds is 7. The van der Waals surface area contributed by atoms with Crippen molar-refractivity contribution in [2.24, 2.45) is 0 Å². The molecule has 0 aliphatic heterocycles. The first-order chi connectivity index (χ1) is 11.9. The van der Waals surface area contributed by atoms with Crippen LogP contribution in [-0.4, -0.2) is 17.6 Å². The number of carbonyl (C=O) groups excluding carboxylic acids is 1. The van der Waals surface area contributed by atoms with Crippen LogP contribution in [0.15, 0.2) is 16.9 Å². The van der Waals surface area contributed by atoms with Gasteiger partial charge in [0, 0.05) is 5.39 Å². The number of aromatic amines is 1. The number of benzene rings is 1. The Labute approximate surface area is 146 Å². The van der Waals surface area contributed by atoms with Crippen molar-refractivity contribution in [1.29, 1.82) is 0 Å². The Morgan fingerprint density at radius 2 is 2.04 bits per heavy atom. The number of nitrogens with one attached hydrogen (secondary N) is 1. The van der Waals surface area contributed by atoms with Crippen molar-refractivity contribution >= 4 is 22.6 Å². The number of nitrogens with two attached hydrogens (primary N) is 1. The van der Waals surface area contributed by atoms with Gasteiger partial charge in [-0.25, -0.2) is 9.18 Å². The highest BCUT2D eigenvalue weighted by Crippen LogP contribution is 2.31. The highest BCUT2D eigenvalue weighted by molar-refractivity contribution is 6.04. The van der Waals surface area contributed by atoms with Crippen molar-refractivity contribution in [2.45, 2.75) is 52.4 Å². The van der Waals surface area contributed by atoms with Crippen LogP contribution in [0, 0.1) is 5.82 Å². The quantitative estimate of drug-likeness (QED) is 0.582. The van der Waals surface area contributed by atoms with Gasteiger partial charge in [0.05, 0.1) is 17.8 Å². The Kier molecular flexibility index (Phi) is 6.17. The molecular weight excluding hydrogens is 323 g/mol. The molecule has 2 rings (SSSR count). The number of carbonyl (C=O) groups is 1. The van der Waals surface area contributed by atoms with E-state index in [1.807, 2.05) is 6.92 Å². The Morgan fingerprint density at radius 1 is 1.32 bits per heavy atom. The molecule has 2 aromatic rings. The van der Waals surface area contributed by atoms with Crippen LogP contribution in [0.5, 0.6) is 0 Å². The summed E-state index contributed by atoms with van der Waals surface area (Å²) >= 11 is 0. The van der Waals surface area contributed by atoms with Crippen LogP contribution in [0.1, 0.15) is 68.3 Å². The smallest absolute Gasteiger partial charge is 0.345 e. The largest absolute Gasteiger partial charge is 0.462 e. The summed E-state index contributed by atoms with van der Waals surface area (Å²) in [7, 11) is 0. The lowest BCUT2D eigenvalue weighted by Gasteiger charge is -2.15. The molecule has 0 amide bonds. The molecule has 0 bridgehead atoms. The summed E-state index contributed by atoms with van der Waals surface area (Å²) in [6.07, 6.45) is 4.10. The Bertz CT molecular complexity index is 830. The number of anilines is 1. The van der Waals surface area contributed by atoms with Crippen LogP contribution in [0.4, 0.5) is 10.1 Å². The first-order valence-corrected chi connectivity index (χ1v) is 8.73. The zero-order valence-corrected chi connectivity index (χ0v) is 14.9. The third-order valence-corrected chi connectivity index (χ3v) is 4.45. The number of aromatic nitrogens is 1. The first kappa shape index (κ1) is 19.0. The molecule has 0 saturated heterocycles. The number of fused-ring (bicyclic) bond motifs is 1. The van der Waals surface area contributed by atoms with Crippen molar-refractivity contribution in [1.82, 2.24) is 4.98 Å². The summed E-state index contributed by atoms with van der Waals surface area (Å²) in [6, 6.07) is 3.33. The number of esters is 1. The summed E-state index contributed by atoms with van der Waals surface area (Å²) in [5.74, 6) is -1.26. The second-order valence-electron chi connectivity index (χ2n) is 6.25. The second-order valence-corrected chi connectivity index (χ2v) is 6.25. The monoisotopic (exact) mass is 348 g/mol. The van der Waals surface area contributed by atoms with Crippen molar-refractivity contribution in [2.75, 3.05) is 12.3 Å². The SMILES string of the molecule is CCCCCC(C)c1ccc2c(N)c(C(=O)OCC)c(=O)[nH]c2c1F. The van der Waals surface area contributed by atoms with Crippen LogP contribution in [0.25, 0.3) is 10.9 Å². The summed E-state index contributed by atoms with van der Waals surface area (Å²) in [4.78, 5) is 26.6. The zero-order valence-electron chi connectivity index (χ0n) is 14.9. The topological polar surface area (TPSA) is 85.2 Å². The number of nitrogen functional groups attached to an aromatic ring is 1. The fraction of sp³-hybridized carbons (Fsp3) is 0.474. The van der Waals surface area contributed by atoms with Crippen LogP contribution in [0.3, 0.4) is 0 Å². The number of hydrogen-bond acceptors (Lipinski definition) is 4. The van der Waals surface area contributed by atoms with Gasteiger partial charge >= 0.3 is 5.97 Å². The van der Waals surface area contributed by atoms with Gasteiger partial charge in [0.1, 0.15) is 5.56 Å². The van der Waals surface area contributed by atoms with Crippen molar-refractivity contribution in [3.05, 3.63) is 39.4 Å². The Hall–Kier alpha value is -2.37. The molecule has 0 aliphatic carbocycles. The highest BCUT2D eigenvalue weighted by atomic mass is 19.1. The lowest BCUT2D eigenvalue weighted by molar-refractivity contribution is 0.0525. The summed E-state index contributed by atoms with van der Waals surface area (Å²) in [5.41, 5.74) is 5.47. The maximum Gasteiger partial charge on any atom is 0.345 e. The van der Waals surface area contributed by atoms with E-state index >= 15 is 0 Å². The second kappa shape index (κ2) is 8.14. The zero-order chi connectivity index (χ0) is 18.6. The first-order valence-electron chi connectivity index (χ1n) is 8.73. The lowest BCUT2D eigenvalue weighted by atomic mass is 9.93. The molecule has 0 radical (unpaired) electrons. The maximum absolute atomic E-state index is 14.9. The fourth-order valence-electron chi connectivity index (χ4n) is 3.01. The minimum Gasteiger partial charge on any atom is -0.462 e. The third kappa shape index (κ3) is 3.83. The number of ether oxygens (including phenoxy) is 1. The van der Waals surface area contributed by atoms with Gasteiger partial charge in [-0.05, 0) is 24.8 Å².